The first-order chi connectivity index (χ1) is 15.0. The summed E-state index contributed by atoms with van der Waals surface area (Å²) in [5, 5.41) is 19.8. The Morgan fingerprint density at radius 2 is 1.62 bits per heavy atom. The molecule has 3 rings (SSSR count). The van der Waals surface area contributed by atoms with Crippen LogP contribution in [0.4, 0.5) is 18.9 Å². The van der Waals surface area contributed by atoms with Crippen molar-refractivity contribution in [2.45, 2.75) is 12.3 Å². The Bertz CT molecular complexity index is 1140. The Morgan fingerprint density at radius 3 is 2.16 bits per heavy atom. The molecule has 1 aromatic carbocycles. The third-order valence-corrected chi connectivity index (χ3v) is 4.38. The van der Waals surface area contributed by atoms with Crippen molar-refractivity contribution in [2.24, 2.45) is 0 Å². The van der Waals surface area contributed by atoms with Gasteiger partial charge in [-0.1, -0.05) is 28.1 Å². The molecule has 12 heteroatoms. The summed E-state index contributed by atoms with van der Waals surface area (Å²) in [6, 6.07) is 11.8. The predicted octanol–water partition coefficient (Wildman–Crippen LogP) is 3.50. The predicted molar refractivity (Wildman–Crippen MR) is 112 cm³/mol. The van der Waals surface area contributed by atoms with Crippen molar-refractivity contribution in [3.63, 3.8) is 0 Å². The van der Waals surface area contributed by atoms with E-state index in [0.29, 0.717) is 5.56 Å². The van der Waals surface area contributed by atoms with Crippen molar-refractivity contribution in [2.75, 3.05) is 5.32 Å². The number of H-pyrrole nitrogens is 1. The van der Waals surface area contributed by atoms with Crippen molar-refractivity contribution in [3.8, 4) is 11.1 Å². The average Bonchev–Trinajstić information content (AvgIpc) is 2.75. The van der Waals surface area contributed by atoms with Crippen LogP contribution >= 0.6 is 15.9 Å². The number of aliphatic hydroxyl groups excluding tert-OH is 1. The fraction of sp³-hybridized carbons (Fsp3) is 0.100. The number of nitrogens with one attached hydrogen (secondary N) is 2. The SMILES string of the molecule is O=C(Nc1cc(-c2ccncc2)c[nH]c1=O)C(O)c1ccc(Br)cc1.O=C(O)C(F)(F)F. The summed E-state index contributed by atoms with van der Waals surface area (Å²) < 4.78 is 32.6. The molecule has 0 saturated heterocycles. The number of hydrogen-bond acceptors (Lipinski definition) is 5. The highest BCUT2D eigenvalue weighted by Gasteiger charge is 2.38. The molecule has 0 radical (unpaired) electrons. The Kier molecular flexibility index (Phi) is 8.27. The number of pyridine rings is 2. The molecule has 0 bridgehead atoms. The van der Waals surface area contributed by atoms with E-state index >= 15 is 0 Å². The maximum Gasteiger partial charge on any atom is 0.490 e. The molecule has 8 nitrogen and oxygen atoms in total. The molecule has 4 N–H and O–H groups in total. The van der Waals surface area contributed by atoms with E-state index in [2.05, 4.69) is 31.2 Å². The standard InChI is InChI=1S/C18H14BrN3O3.C2HF3O2/c19-14-3-1-12(2-4-14)16(23)18(25)22-15-9-13(10-21-17(15)24)11-5-7-20-8-6-11;3-2(4,5)1(6)7/h1-10,16,23H,(H,21,24)(H,22,25);(H,6,7). The summed E-state index contributed by atoms with van der Waals surface area (Å²) in [4.78, 5) is 39.7. The Hall–Kier alpha value is -3.51. The fourth-order valence-corrected chi connectivity index (χ4v) is 2.55. The molecule has 2 aromatic heterocycles. The highest BCUT2D eigenvalue weighted by Crippen LogP contribution is 2.21. The number of hydrogen-bond donors (Lipinski definition) is 4. The van der Waals surface area contributed by atoms with Gasteiger partial charge < -0.3 is 20.5 Å². The number of carbonyl (C=O) groups is 2. The zero-order valence-corrected chi connectivity index (χ0v) is 17.5. The van der Waals surface area contributed by atoms with Gasteiger partial charge in [0.1, 0.15) is 5.69 Å². The van der Waals surface area contributed by atoms with Gasteiger partial charge in [0.05, 0.1) is 0 Å². The lowest BCUT2D eigenvalue weighted by atomic mass is 10.1. The number of aliphatic hydroxyl groups is 1. The third-order valence-electron chi connectivity index (χ3n) is 3.85. The van der Waals surface area contributed by atoms with Crippen LogP contribution in [0.3, 0.4) is 0 Å². The number of anilines is 1. The fourth-order valence-electron chi connectivity index (χ4n) is 2.29. The van der Waals surface area contributed by atoms with Crippen LogP contribution in [0.15, 0.2) is 70.3 Å². The van der Waals surface area contributed by atoms with Crippen molar-refractivity contribution in [1.82, 2.24) is 9.97 Å². The van der Waals surface area contributed by atoms with Gasteiger partial charge in [0.25, 0.3) is 11.5 Å². The molecule has 1 amide bonds. The van der Waals surface area contributed by atoms with Crippen LogP contribution in [0.5, 0.6) is 0 Å². The second-order valence-corrected chi connectivity index (χ2v) is 7.03. The third kappa shape index (κ3) is 7.03. The molecule has 168 valence electrons. The number of carbonyl (C=O) groups excluding carboxylic acids is 1. The minimum Gasteiger partial charge on any atom is -0.475 e. The van der Waals surface area contributed by atoms with Crippen LogP contribution in [0.1, 0.15) is 11.7 Å². The van der Waals surface area contributed by atoms with E-state index in [4.69, 9.17) is 9.90 Å². The van der Waals surface area contributed by atoms with E-state index < -0.39 is 29.7 Å². The number of carboxylic acids is 1. The van der Waals surface area contributed by atoms with Gasteiger partial charge in [-0.15, -0.1) is 0 Å². The summed E-state index contributed by atoms with van der Waals surface area (Å²) in [5.74, 6) is -3.44. The minimum atomic E-state index is -5.08. The highest BCUT2D eigenvalue weighted by atomic mass is 79.9. The molecule has 32 heavy (non-hydrogen) atoms. The largest absolute Gasteiger partial charge is 0.490 e. The Balaban J connectivity index is 0.000000451. The van der Waals surface area contributed by atoms with Crippen LogP contribution in [0.25, 0.3) is 11.1 Å². The van der Waals surface area contributed by atoms with Gasteiger partial charge in [-0.2, -0.15) is 13.2 Å². The van der Waals surface area contributed by atoms with Gasteiger partial charge in [0.15, 0.2) is 6.10 Å². The average molecular weight is 514 g/mol. The van der Waals surface area contributed by atoms with Gasteiger partial charge in [0.2, 0.25) is 0 Å². The number of aromatic amines is 1. The van der Waals surface area contributed by atoms with E-state index in [1.807, 2.05) is 0 Å². The summed E-state index contributed by atoms with van der Waals surface area (Å²) in [6.45, 7) is 0. The maximum atomic E-state index is 12.3. The van der Waals surface area contributed by atoms with Crippen LogP contribution in [0.2, 0.25) is 0 Å². The van der Waals surface area contributed by atoms with E-state index in [-0.39, 0.29) is 5.69 Å². The number of amides is 1. The molecule has 0 aliphatic rings. The van der Waals surface area contributed by atoms with Crippen LogP contribution < -0.4 is 10.9 Å². The first-order valence-electron chi connectivity index (χ1n) is 8.66. The molecular formula is C20H15BrF3N3O5. The molecule has 0 aliphatic heterocycles. The summed E-state index contributed by atoms with van der Waals surface area (Å²) in [6.07, 6.45) is -1.64. The number of alkyl halides is 3. The van der Waals surface area contributed by atoms with Gasteiger partial charge >= 0.3 is 12.1 Å². The minimum absolute atomic E-state index is 0.0653. The number of nitrogens with zero attached hydrogens (tertiary/aromatic N) is 1. The molecule has 0 saturated carbocycles. The topological polar surface area (TPSA) is 132 Å². The normalized spacial score (nSPS) is 11.7. The van der Waals surface area contributed by atoms with Crippen LogP contribution in [-0.2, 0) is 9.59 Å². The number of aromatic nitrogens is 2. The first kappa shape index (κ1) is 24.8. The smallest absolute Gasteiger partial charge is 0.475 e. The zero-order chi connectivity index (χ0) is 23.9. The monoisotopic (exact) mass is 513 g/mol. The number of aliphatic carboxylic acids is 1. The van der Waals surface area contributed by atoms with Crippen molar-refractivity contribution < 1.29 is 33.0 Å². The van der Waals surface area contributed by atoms with Crippen molar-refractivity contribution in [1.29, 1.82) is 0 Å². The molecule has 1 atom stereocenters. The second-order valence-electron chi connectivity index (χ2n) is 6.11. The van der Waals surface area contributed by atoms with Gasteiger partial charge in [-0.05, 0) is 41.5 Å². The molecule has 0 fully saturated rings. The van der Waals surface area contributed by atoms with Crippen molar-refractivity contribution >= 4 is 33.5 Å². The Morgan fingerprint density at radius 1 is 1.06 bits per heavy atom. The molecule has 0 spiro atoms. The van der Waals surface area contributed by atoms with Gasteiger partial charge in [0, 0.05) is 28.6 Å². The number of halogens is 4. The van der Waals surface area contributed by atoms with E-state index in [1.165, 1.54) is 0 Å². The summed E-state index contributed by atoms with van der Waals surface area (Å²) >= 11 is 3.29. The molecule has 1 unspecified atom stereocenters. The second kappa shape index (κ2) is 10.7. The zero-order valence-electron chi connectivity index (χ0n) is 15.9. The maximum absolute atomic E-state index is 12.3. The van der Waals surface area contributed by atoms with Gasteiger partial charge in [-0.25, -0.2) is 4.79 Å². The van der Waals surface area contributed by atoms with Crippen LogP contribution in [-0.4, -0.2) is 38.2 Å². The lowest BCUT2D eigenvalue weighted by molar-refractivity contribution is -0.192. The molecule has 0 aliphatic carbocycles. The van der Waals surface area contributed by atoms with E-state index in [0.717, 1.165) is 15.6 Å². The molecule has 2 heterocycles. The summed E-state index contributed by atoms with van der Waals surface area (Å²) in [7, 11) is 0. The Labute approximate surface area is 186 Å². The van der Waals surface area contributed by atoms with Crippen molar-refractivity contribution in [3.05, 3.63) is 81.4 Å². The van der Waals surface area contributed by atoms with E-state index in [1.54, 1.807) is 61.1 Å². The first-order valence-corrected chi connectivity index (χ1v) is 9.46. The van der Waals surface area contributed by atoms with E-state index in [9.17, 15) is 27.9 Å². The highest BCUT2D eigenvalue weighted by molar-refractivity contribution is 9.10. The quantitative estimate of drug-likeness (QED) is 0.422. The lowest BCUT2D eigenvalue weighted by Gasteiger charge is -2.12. The van der Waals surface area contributed by atoms with Crippen LogP contribution in [0, 0.1) is 0 Å². The molecular weight excluding hydrogens is 499 g/mol. The number of benzene rings is 1. The number of rotatable bonds is 4. The summed E-state index contributed by atoms with van der Waals surface area (Å²) in [5.41, 5.74) is 1.61. The van der Waals surface area contributed by atoms with Gasteiger partial charge in [-0.3, -0.25) is 14.6 Å². The number of carboxylic acid groups (broad SMARTS) is 1. The lowest BCUT2D eigenvalue weighted by Crippen LogP contribution is -2.25. The molecule has 3 aromatic rings.